The van der Waals surface area contributed by atoms with Crippen LogP contribution in [-0.2, 0) is 16.0 Å². The number of rotatable bonds is 9. The van der Waals surface area contributed by atoms with Crippen LogP contribution >= 0.6 is 23.2 Å². The minimum absolute atomic E-state index is 0.0457. The largest absolute Gasteiger partial charge is 0.481 e. The van der Waals surface area contributed by atoms with Gasteiger partial charge in [-0.15, -0.1) is 23.2 Å². The van der Waals surface area contributed by atoms with Gasteiger partial charge >= 0.3 is 11.9 Å². The molecule has 0 spiro atoms. The summed E-state index contributed by atoms with van der Waals surface area (Å²) >= 11 is 11.5. The predicted molar refractivity (Wildman–Crippen MR) is 82.6 cm³/mol. The van der Waals surface area contributed by atoms with Gasteiger partial charge in [-0.05, 0) is 24.1 Å². The summed E-state index contributed by atoms with van der Waals surface area (Å²) in [6.07, 6.45) is -0.0457. The second-order valence-electron chi connectivity index (χ2n) is 4.46. The Morgan fingerprint density at radius 1 is 1.00 bits per heavy atom. The van der Waals surface area contributed by atoms with Crippen LogP contribution in [0.25, 0.3) is 0 Å². The number of hydrogen-bond acceptors (Lipinski definition) is 3. The normalized spacial score (nSPS) is 10.6. The quantitative estimate of drug-likeness (QED) is 0.535. The molecule has 0 bridgehead atoms. The molecular formula is C14H17Cl2NO4. The number of nitrogens with zero attached hydrogens (tertiary/aromatic N) is 1. The molecule has 5 nitrogen and oxygen atoms in total. The maximum absolute atomic E-state index is 10.9. The standard InChI is InChI=1S/C14H17Cl2NO4/c15-5-7-17(8-6-16)11-3-1-10(2-4-11)9-12(13(18)19)14(20)21/h1-4,12H,5-9H2,(H,18,19)(H,20,21). The zero-order valence-electron chi connectivity index (χ0n) is 11.3. The van der Waals surface area contributed by atoms with Gasteiger partial charge in [-0.25, -0.2) is 0 Å². The van der Waals surface area contributed by atoms with Crippen molar-refractivity contribution in [1.29, 1.82) is 0 Å². The summed E-state index contributed by atoms with van der Waals surface area (Å²) in [6.45, 7) is 1.31. The summed E-state index contributed by atoms with van der Waals surface area (Å²) in [5.41, 5.74) is 1.58. The minimum Gasteiger partial charge on any atom is -0.481 e. The zero-order chi connectivity index (χ0) is 15.8. The first-order valence-electron chi connectivity index (χ1n) is 6.41. The molecule has 0 saturated heterocycles. The lowest BCUT2D eigenvalue weighted by atomic mass is 9.99. The van der Waals surface area contributed by atoms with E-state index in [-0.39, 0.29) is 6.42 Å². The van der Waals surface area contributed by atoms with Gasteiger partial charge in [0.1, 0.15) is 0 Å². The SMILES string of the molecule is O=C(O)C(Cc1ccc(N(CCCl)CCCl)cc1)C(=O)O. The Morgan fingerprint density at radius 3 is 1.86 bits per heavy atom. The first kappa shape index (κ1) is 17.6. The van der Waals surface area contributed by atoms with Crippen LogP contribution in [0.5, 0.6) is 0 Å². The monoisotopic (exact) mass is 333 g/mol. The number of anilines is 1. The Kier molecular flexibility index (Phi) is 7.32. The van der Waals surface area contributed by atoms with Crippen LogP contribution in [0, 0.1) is 5.92 Å². The van der Waals surface area contributed by atoms with Crippen LogP contribution in [0.4, 0.5) is 5.69 Å². The molecule has 0 saturated carbocycles. The predicted octanol–water partition coefficient (Wildman–Crippen LogP) is 2.30. The number of carboxylic acid groups (broad SMARTS) is 2. The zero-order valence-corrected chi connectivity index (χ0v) is 12.8. The van der Waals surface area contributed by atoms with Crippen molar-refractivity contribution in [1.82, 2.24) is 0 Å². The third kappa shape index (κ3) is 5.44. The molecule has 0 amide bonds. The van der Waals surface area contributed by atoms with Crippen LogP contribution < -0.4 is 4.90 Å². The van der Waals surface area contributed by atoms with Gasteiger partial charge < -0.3 is 15.1 Å². The van der Waals surface area contributed by atoms with Crippen molar-refractivity contribution in [3.63, 3.8) is 0 Å². The van der Waals surface area contributed by atoms with Gasteiger partial charge in [0, 0.05) is 30.5 Å². The number of carboxylic acids is 2. The lowest BCUT2D eigenvalue weighted by Crippen LogP contribution is -2.27. The van der Waals surface area contributed by atoms with E-state index in [1.165, 1.54) is 0 Å². The first-order valence-corrected chi connectivity index (χ1v) is 7.48. The summed E-state index contributed by atoms with van der Waals surface area (Å²) in [4.78, 5) is 23.8. The van der Waals surface area contributed by atoms with Crippen LogP contribution in [0.1, 0.15) is 5.56 Å². The molecular weight excluding hydrogens is 317 g/mol. The van der Waals surface area contributed by atoms with Gasteiger partial charge in [0.05, 0.1) is 0 Å². The van der Waals surface area contributed by atoms with Crippen molar-refractivity contribution in [3.05, 3.63) is 29.8 Å². The van der Waals surface area contributed by atoms with E-state index >= 15 is 0 Å². The van der Waals surface area contributed by atoms with Crippen molar-refractivity contribution in [2.45, 2.75) is 6.42 Å². The number of hydrogen-bond donors (Lipinski definition) is 2. The molecule has 0 unspecified atom stereocenters. The number of benzene rings is 1. The van der Waals surface area contributed by atoms with Crippen molar-refractivity contribution in [2.24, 2.45) is 5.92 Å². The van der Waals surface area contributed by atoms with Crippen LogP contribution in [0.3, 0.4) is 0 Å². The summed E-state index contributed by atoms with van der Waals surface area (Å²) in [7, 11) is 0. The van der Waals surface area contributed by atoms with E-state index in [2.05, 4.69) is 0 Å². The highest BCUT2D eigenvalue weighted by molar-refractivity contribution is 6.18. The molecule has 0 aliphatic carbocycles. The van der Waals surface area contributed by atoms with Gasteiger partial charge in [0.2, 0.25) is 0 Å². The summed E-state index contributed by atoms with van der Waals surface area (Å²) in [5.74, 6) is -3.16. The van der Waals surface area contributed by atoms with Crippen molar-refractivity contribution >= 4 is 40.8 Å². The molecule has 1 aromatic rings. The second kappa shape index (κ2) is 8.74. The van der Waals surface area contributed by atoms with Crippen molar-refractivity contribution in [3.8, 4) is 0 Å². The Labute approximate surface area is 133 Å². The van der Waals surface area contributed by atoms with E-state index in [4.69, 9.17) is 33.4 Å². The van der Waals surface area contributed by atoms with E-state index in [9.17, 15) is 9.59 Å². The molecule has 7 heteroatoms. The number of halogens is 2. The molecule has 0 aliphatic heterocycles. The first-order chi connectivity index (χ1) is 9.99. The van der Waals surface area contributed by atoms with Crippen LogP contribution in [-0.4, -0.2) is 47.0 Å². The van der Waals surface area contributed by atoms with Gasteiger partial charge in [-0.3, -0.25) is 9.59 Å². The molecule has 2 N–H and O–H groups in total. The van der Waals surface area contributed by atoms with Crippen molar-refractivity contribution in [2.75, 3.05) is 29.7 Å². The highest BCUT2D eigenvalue weighted by Gasteiger charge is 2.25. The molecule has 0 aliphatic rings. The molecule has 0 atom stereocenters. The number of aliphatic carboxylic acids is 2. The Morgan fingerprint density at radius 2 is 1.48 bits per heavy atom. The summed E-state index contributed by atoms with van der Waals surface area (Å²) in [5, 5.41) is 17.7. The average Bonchev–Trinajstić information content (AvgIpc) is 2.44. The molecule has 0 heterocycles. The number of alkyl halides is 2. The van der Waals surface area contributed by atoms with Gasteiger partial charge in [-0.2, -0.15) is 0 Å². The van der Waals surface area contributed by atoms with E-state index in [1.807, 2.05) is 17.0 Å². The molecule has 116 valence electrons. The third-order valence-electron chi connectivity index (χ3n) is 3.05. The maximum Gasteiger partial charge on any atom is 0.318 e. The fourth-order valence-electron chi connectivity index (χ4n) is 1.93. The molecule has 1 rings (SSSR count). The highest BCUT2D eigenvalue weighted by Crippen LogP contribution is 2.18. The van der Waals surface area contributed by atoms with E-state index in [1.54, 1.807) is 12.1 Å². The molecule has 21 heavy (non-hydrogen) atoms. The van der Waals surface area contributed by atoms with E-state index in [0.29, 0.717) is 30.4 Å². The molecule has 0 aromatic heterocycles. The lowest BCUT2D eigenvalue weighted by molar-refractivity contribution is -0.154. The average molecular weight is 334 g/mol. The fraction of sp³-hybridized carbons (Fsp3) is 0.429. The number of carbonyl (C=O) groups is 2. The van der Waals surface area contributed by atoms with E-state index < -0.39 is 17.9 Å². The maximum atomic E-state index is 10.9. The topological polar surface area (TPSA) is 77.8 Å². The Hall–Kier alpha value is -1.46. The van der Waals surface area contributed by atoms with Crippen LogP contribution in [0.2, 0.25) is 0 Å². The Balaban J connectivity index is 2.81. The minimum atomic E-state index is -1.43. The van der Waals surface area contributed by atoms with Crippen LogP contribution in [0.15, 0.2) is 24.3 Å². The second-order valence-corrected chi connectivity index (χ2v) is 5.22. The van der Waals surface area contributed by atoms with Gasteiger partial charge in [0.25, 0.3) is 0 Å². The summed E-state index contributed by atoms with van der Waals surface area (Å²) in [6, 6.07) is 7.08. The summed E-state index contributed by atoms with van der Waals surface area (Å²) < 4.78 is 0. The van der Waals surface area contributed by atoms with E-state index in [0.717, 1.165) is 5.69 Å². The van der Waals surface area contributed by atoms with Crippen molar-refractivity contribution < 1.29 is 19.8 Å². The molecule has 0 radical (unpaired) electrons. The highest BCUT2D eigenvalue weighted by atomic mass is 35.5. The smallest absolute Gasteiger partial charge is 0.318 e. The Bertz CT molecular complexity index is 458. The third-order valence-corrected chi connectivity index (χ3v) is 3.38. The van der Waals surface area contributed by atoms with Gasteiger partial charge in [-0.1, -0.05) is 12.1 Å². The fourth-order valence-corrected chi connectivity index (χ4v) is 2.34. The van der Waals surface area contributed by atoms with Gasteiger partial charge in [0.15, 0.2) is 5.92 Å². The lowest BCUT2D eigenvalue weighted by Gasteiger charge is -2.23. The molecule has 0 fully saturated rings. The molecule has 1 aromatic carbocycles.